The summed E-state index contributed by atoms with van der Waals surface area (Å²) in [6, 6.07) is 12.5. The Morgan fingerprint density at radius 3 is 2.66 bits per heavy atom. The van der Waals surface area contributed by atoms with Crippen LogP contribution in [0.4, 0.5) is 10.7 Å². The first-order valence-electron chi connectivity index (χ1n) is 8.84. The maximum Gasteiger partial charge on any atom is 0.236 e. The zero-order chi connectivity index (χ0) is 21.0. The van der Waals surface area contributed by atoms with Gasteiger partial charge < -0.3 is 25.6 Å². The van der Waals surface area contributed by atoms with Crippen molar-refractivity contribution >= 4 is 39.7 Å². The fraction of sp³-hybridized carbons (Fsp3) is 0.200. The first-order valence-corrected chi connectivity index (χ1v) is 9.99. The average molecular weight is 433 g/mol. The van der Waals surface area contributed by atoms with Crippen LogP contribution in [0, 0.1) is 12.3 Å². The lowest BCUT2D eigenvalue weighted by Crippen LogP contribution is -2.35. The molecule has 1 unspecified atom stereocenters. The summed E-state index contributed by atoms with van der Waals surface area (Å²) < 4.78 is 9.80. The second kappa shape index (κ2) is 9.13. The van der Waals surface area contributed by atoms with Gasteiger partial charge in [-0.05, 0) is 61.3 Å². The highest BCUT2D eigenvalue weighted by atomic mass is 35.5. The van der Waals surface area contributed by atoms with Gasteiger partial charge in [0.2, 0.25) is 5.88 Å². The maximum atomic E-state index is 10.0. The van der Waals surface area contributed by atoms with Gasteiger partial charge >= 0.3 is 0 Å². The molecule has 2 aromatic carbocycles. The quantitative estimate of drug-likeness (QED) is 0.275. The van der Waals surface area contributed by atoms with Gasteiger partial charge in [-0.3, -0.25) is 5.41 Å². The van der Waals surface area contributed by atoms with E-state index in [9.17, 15) is 5.11 Å². The summed E-state index contributed by atoms with van der Waals surface area (Å²) in [5.74, 6) is 0.983. The number of aliphatic hydroxyl groups is 1. The fourth-order valence-corrected chi connectivity index (χ4v) is 3.54. The van der Waals surface area contributed by atoms with Crippen LogP contribution in [0.5, 0.6) is 17.4 Å². The lowest BCUT2D eigenvalue weighted by atomic mass is 10.2. The van der Waals surface area contributed by atoms with Crippen molar-refractivity contribution in [3.8, 4) is 17.4 Å². The van der Waals surface area contributed by atoms with Crippen molar-refractivity contribution in [3.05, 3.63) is 58.6 Å². The van der Waals surface area contributed by atoms with Gasteiger partial charge in [0, 0.05) is 11.7 Å². The third-order valence-corrected chi connectivity index (χ3v) is 5.14. The molecule has 0 saturated heterocycles. The largest absolute Gasteiger partial charge is 0.492 e. The summed E-state index contributed by atoms with van der Waals surface area (Å²) in [7, 11) is 0. The minimum absolute atomic E-state index is 0.0190. The van der Waals surface area contributed by atoms with Gasteiger partial charge in [0.05, 0.1) is 11.6 Å². The number of anilines is 2. The van der Waals surface area contributed by atoms with Gasteiger partial charge in [0.25, 0.3) is 0 Å². The summed E-state index contributed by atoms with van der Waals surface area (Å²) in [4.78, 5) is 0. The van der Waals surface area contributed by atoms with Gasteiger partial charge in [0.15, 0.2) is 0 Å². The number of rotatable bonds is 7. The SMILES string of the molecule is Cc1cccc(Cl)c1Oc1ccc(Nc2snc(O)c2C(=N)NC(C)CO)cc1. The highest BCUT2D eigenvalue weighted by molar-refractivity contribution is 7.11. The molecule has 29 heavy (non-hydrogen) atoms. The second-order valence-corrected chi connectivity index (χ2v) is 7.63. The predicted molar refractivity (Wildman–Crippen MR) is 116 cm³/mol. The molecule has 3 rings (SSSR count). The Morgan fingerprint density at radius 2 is 2.00 bits per heavy atom. The summed E-state index contributed by atoms with van der Waals surface area (Å²) in [5, 5.41) is 34.3. The smallest absolute Gasteiger partial charge is 0.236 e. The van der Waals surface area contributed by atoms with Crippen LogP contribution in [0.15, 0.2) is 42.5 Å². The molecule has 5 N–H and O–H groups in total. The number of benzene rings is 2. The van der Waals surface area contributed by atoms with Crippen LogP contribution in [0.25, 0.3) is 0 Å². The summed E-state index contributed by atoms with van der Waals surface area (Å²) >= 11 is 7.25. The molecular formula is C20H21ClN4O3S. The first-order chi connectivity index (χ1) is 13.9. The van der Waals surface area contributed by atoms with E-state index in [0.29, 0.717) is 21.5 Å². The van der Waals surface area contributed by atoms with E-state index in [1.165, 1.54) is 0 Å². The lowest BCUT2D eigenvalue weighted by molar-refractivity contribution is 0.264. The van der Waals surface area contributed by atoms with E-state index < -0.39 is 0 Å². The summed E-state index contributed by atoms with van der Waals surface area (Å²) in [6.45, 7) is 3.53. The Kier molecular flexibility index (Phi) is 6.58. The first kappa shape index (κ1) is 20.9. The molecule has 0 bridgehead atoms. The number of para-hydroxylation sites is 1. The van der Waals surface area contributed by atoms with E-state index in [1.54, 1.807) is 25.1 Å². The third-order valence-electron chi connectivity index (χ3n) is 4.08. The monoisotopic (exact) mass is 432 g/mol. The Morgan fingerprint density at radius 1 is 1.28 bits per heavy atom. The molecule has 0 aliphatic carbocycles. The number of halogens is 1. The van der Waals surface area contributed by atoms with Crippen LogP contribution in [0.1, 0.15) is 18.1 Å². The minimum Gasteiger partial charge on any atom is -0.492 e. The zero-order valence-electron chi connectivity index (χ0n) is 15.9. The Bertz CT molecular complexity index is 987. The van der Waals surface area contributed by atoms with Crippen molar-refractivity contribution in [2.75, 3.05) is 11.9 Å². The number of ether oxygens (including phenoxy) is 1. The number of nitrogens with zero attached hydrogens (tertiary/aromatic N) is 1. The molecule has 0 amide bonds. The molecule has 0 saturated carbocycles. The van der Waals surface area contributed by atoms with E-state index in [2.05, 4.69) is 15.0 Å². The van der Waals surface area contributed by atoms with Crippen molar-refractivity contribution in [1.82, 2.24) is 9.69 Å². The molecule has 3 aromatic rings. The number of aliphatic hydroxyl groups excluding tert-OH is 1. The van der Waals surface area contributed by atoms with Gasteiger partial charge in [-0.1, -0.05) is 23.7 Å². The molecule has 7 nitrogen and oxygen atoms in total. The molecule has 0 fully saturated rings. The fourth-order valence-electron chi connectivity index (χ4n) is 2.56. The number of hydrogen-bond donors (Lipinski definition) is 5. The Balaban J connectivity index is 1.75. The molecule has 0 radical (unpaired) electrons. The number of aromatic hydroxyl groups is 1. The number of aromatic nitrogens is 1. The second-order valence-electron chi connectivity index (χ2n) is 6.45. The molecule has 0 spiro atoms. The third kappa shape index (κ3) is 4.97. The Hall–Kier alpha value is -2.81. The normalized spacial score (nSPS) is 11.7. The van der Waals surface area contributed by atoms with Crippen molar-refractivity contribution in [2.45, 2.75) is 19.9 Å². The predicted octanol–water partition coefficient (Wildman–Crippen LogP) is 4.64. The highest BCUT2D eigenvalue weighted by Crippen LogP contribution is 2.35. The van der Waals surface area contributed by atoms with E-state index in [4.69, 9.17) is 26.9 Å². The van der Waals surface area contributed by atoms with Crippen LogP contribution in [-0.2, 0) is 0 Å². The molecule has 0 aliphatic rings. The molecule has 0 aliphatic heterocycles. The number of hydrogen-bond acceptors (Lipinski definition) is 7. The topological polar surface area (TPSA) is 110 Å². The number of nitrogens with one attached hydrogen (secondary N) is 3. The zero-order valence-corrected chi connectivity index (χ0v) is 17.4. The van der Waals surface area contributed by atoms with Crippen LogP contribution in [0.2, 0.25) is 5.02 Å². The van der Waals surface area contributed by atoms with Crippen LogP contribution >= 0.6 is 23.1 Å². The number of amidine groups is 1. The molecular weight excluding hydrogens is 412 g/mol. The number of aryl methyl sites for hydroxylation is 1. The standard InChI is InChI=1S/C20H21ClN4O3S/c1-11-4-3-5-15(21)17(11)28-14-8-6-13(7-9-14)24-20-16(19(27)25-29-20)18(22)23-12(2)10-26/h3-9,12,24,26H,10H2,1-2H3,(H2,22,23)(H,25,27). The Labute approximate surface area is 177 Å². The summed E-state index contributed by atoms with van der Waals surface area (Å²) in [5.41, 5.74) is 1.93. The van der Waals surface area contributed by atoms with Crippen LogP contribution in [0.3, 0.4) is 0 Å². The average Bonchev–Trinajstić information content (AvgIpc) is 3.06. The molecule has 1 atom stereocenters. The van der Waals surface area contributed by atoms with Gasteiger partial charge in [0.1, 0.15) is 27.9 Å². The van der Waals surface area contributed by atoms with E-state index in [0.717, 1.165) is 22.8 Å². The van der Waals surface area contributed by atoms with Crippen LogP contribution in [-0.4, -0.2) is 33.1 Å². The van der Waals surface area contributed by atoms with E-state index in [-0.39, 0.29) is 29.9 Å². The van der Waals surface area contributed by atoms with E-state index >= 15 is 0 Å². The van der Waals surface area contributed by atoms with Crippen molar-refractivity contribution in [3.63, 3.8) is 0 Å². The van der Waals surface area contributed by atoms with Crippen molar-refractivity contribution in [1.29, 1.82) is 5.41 Å². The summed E-state index contributed by atoms with van der Waals surface area (Å²) in [6.07, 6.45) is 0. The van der Waals surface area contributed by atoms with Gasteiger partial charge in [-0.15, -0.1) is 0 Å². The lowest BCUT2D eigenvalue weighted by Gasteiger charge is -2.14. The highest BCUT2D eigenvalue weighted by Gasteiger charge is 2.19. The molecule has 1 aromatic heterocycles. The molecule has 1 heterocycles. The molecule has 152 valence electrons. The minimum atomic E-state index is -0.320. The van der Waals surface area contributed by atoms with Crippen molar-refractivity contribution < 1.29 is 14.9 Å². The molecule has 9 heteroatoms. The maximum absolute atomic E-state index is 10.0. The van der Waals surface area contributed by atoms with Crippen molar-refractivity contribution in [2.24, 2.45) is 0 Å². The van der Waals surface area contributed by atoms with Gasteiger partial charge in [-0.25, -0.2) is 0 Å². The van der Waals surface area contributed by atoms with Gasteiger partial charge in [-0.2, -0.15) is 4.37 Å². The van der Waals surface area contributed by atoms with Crippen LogP contribution < -0.4 is 15.4 Å². The van der Waals surface area contributed by atoms with E-state index in [1.807, 2.05) is 31.2 Å².